The Morgan fingerprint density at radius 2 is 0.787 bits per heavy atom. The van der Waals surface area contributed by atoms with Gasteiger partial charge >= 0.3 is 6.08 Å². The van der Waals surface area contributed by atoms with Gasteiger partial charge in [0.15, 0.2) is 28.5 Å². The molecule has 38 nitrogen and oxygen atoms in total. The van der Waals surface area contributed by atoms with Crippen LogP contribution in [0.2, 0.25) is 0 Å². The van der Waals surface area contributed by atoms with Crippen molar-refractivity contribution in [3.05, 3.63) is 187 Å². The number of hydrogen-bond donors (Lipinski definition) is 11. The molecule has 722 valence electrons. The van der Waals surface area contributed by atoms with Crippen LogP contribution in [0.3, 0.4) is 0 Å². The van der Waals surface area contributed by atoms with E-state index in [1.807, 2.05) is 151 Å². The van der Waals surface area contributed by atoms with E-state index in [9.17, 15) is 14.7 Å². The average molecular weight is 1900 g/mol. The standard InChI is InChI=1S/C29H30N6O5.C27H29N5O4.C24H25N7O2.C23H23N7O2/c1-4-38-29-33-21-11-9-16(13-23(21)40-29)19-15-31-25-24(19)27(39-18-7-5-6-8-18)35-28(34-25)32-20-12-10-17(26(36)30-2)14-22(20)37-3;1-15-8-9-16(12-21(15)33)19-14-29-24-23(19)26(36-18-6-4-5-7-18)32-27(31-24)30-20-11-10-17(25(34)28-2)13-22(20)35-3;1-13-19(12-26-31(13)3)28-24-29-22-21(23(30-24)33-16-6-4-5-7-16)17(11-25-22)15-8-9-18-20(10-15)32-14(2)27-18;1-13-26-17-8-7-14(11-18(17)31-13)16-12-24-21-20(16)22(32-15-5-3-4-6-15)29-23(28-21)27-19-9-10-25-30(19)2/h9-15,18H,4-8H2,1-3H3,(H,30,36)(H2,31,32,34,35);8-14,18,33H,4-7H2,1-3H3,(H,28,34)(H2,29,30,31,32);8-12,16H,4-7H2,1-3H3,(H2,25,28,29,30);7-12,15H,3-6H2,1-2H3,(H2,24,27,28,29). The largest absolute Gasteiger partial charge is 0.508 e. The van der Waals surface area contributed by atoms with Gasteiger partial charge in [-0.25, -0.2) is 9.97 Å². The van der Waals surface area contributed by atoms with Crippen LogP contribution in [-0.2, 0) is 14.1 Å². The molecule has 6 aromatic carbocycles. The maximum absolute atomic E-state index is 12.1. The molecule has 13 aromatic heterocycles. The van der Waals surface area contributed by atoms with Crippen molar-refractivity contribution in [3.63, 3.8) is 0 Å². The number of rotatable bonds is 26. The Morgan fingerprint density at radius 3 is 1.14 bits per heavy atom. The molecule has 0 radical (unpaired) electrons. The number of nitrogens with zero attached hydrogens (tertiary/aromatic N) is 15. The number of ether oxygens (including phenoxy) is 7. The maximum atomic E-state index is 12.1. The molecule has 0 aliphatic heterocycles. The number of anilines is 8. The van der Waals surface area contributed by atoms with Crippen molar-refractivity contribution in [2.75, 3.05) is 56.2 Å². The Bertz CT molecular complexity index is 7830. The first-order valence-electron chi connectivity index (χ1n) is 47.4. The highest BCUT2D eigenvalue weighted by molar-refractivity contribution is 6.04. The molecule has 13 heterocycles. The molecule has 0 atom stereocenters. The predicted molar refractivity (Wildman–Crippen MR) is 536 cm³/mol. The molecule has 19 aromatic rings. The summed E-state index contributed by atoms with van der Waals surface area (Å²) in [5, 5.41) is 40.3. The van der Waals surface area contributed by atoms with Crippen LogP contribution >= 0.6 is 0 Å². The second-order valence-corrected chi connectivity index (χ2v) is 35.2. The fourth-order valence-electron chi connectivity index (χ4n) is 18.3. The smallest absolute Gasteiger partial charge is 0.394 e. The summed E-state index contributed by atoms with van der Waals surface area (Å²) in [5.41, 5.74) is 19.5. The summed E-state index contributed by atoms with van der Waals surface area (Å²) in [4.78, 5) is 88.4. The Morgan fingerprint density at radius 1 is 0.418 bits per heavy atom. The summed E-state index contributed by atoms with van der Waals surface area (Å²) in [7, 11) is 10.0. The number of aromatic nitrogens is 19. The zero-order valence-electron chi connectivity index (χ0n) is 79.8. The lowest BCUT2D eigenvalue weighted by molar-refractivity contribution is 0.0955. The molecule has 4 aliphatic carbocycles. The van der Waals surface area contributed by atoms with Crippen LogP contribution in [0, 0.1) is 27.7 Å². The third-order valence-corrected chi connectivity index (χ3v) is 25.8. The van der Waals surface area contributed by atoms with Gasteiger partial charge < -0.3 is 103 Å². The second-order valence-electron chi connectivity index (χ2n) is 35.2. The fraction of sp³-hybridized carbons (Fsp3) is 0.311. The van der Waals surface area contributed by atoms with Gasteiger partial charge in [0.25, 0.3) is 11.8 Å². The molecule has 0 bridgehead atoms. The number of aryl methyl sites for hydroxylation is 5. The summed E-state index contributed by atoms with van der Waals surface area (Å²) in [5.74, 6) is 6.64. The molecule has 0 saturated heterocycles. The van der Waals surface area contributed by atoms with Crippen molar-refractivity contribution < 1.29 is 61.1 Å². The van der Waals surface area contributed by atoms with E-state index < -0.39 is 0 Å². The number of hydrogen-bond acceptors (Lipinski definition) is 30. The van der Waals surface area contributed by atoms with Crippen LogP contribution in [0.5, 0.6) is 46.8 Å². The number of amides is 2. The summed E-state index contributed by atoms with van der Waals surface area (Å²) < 4.78 is 63.0. The van der Waals surface area contributed by atoms with Gasteiger partial charge in [-0.3, -0.25) is 19.0 Å². The molecular weight excluding hydrogens is 1800 g/mol. The maximum Gasteiger partial charge on any atom is 0.394 e. The van der Waals surface area contributed by atoms with Crippen LogP contribution in [0.15, 0.2) is 166 Å². The van der Waals surface area contributed by atoms with Crippen molar-refractivity contribution in [3.8, 4) is 91.4 Å². The zero-order chi connectivity index (χ0) is 97.1. The number of aromatic hydroxyl groups is 1. The van der Waals surface area contributed by atoms with E-state index in [4.69, 9.17) is 81.3 Å². The predicted octanol–water partition coefficient (Wildman–Crippen LogP) is 20.7. The number of carbonyl (C=O) groups excluding carboxylic acids is 2. The third kappa shape index (κ3) is 19.7. The van der Waals surface area contributed by atoms with Gasteiger partial charge in [0.2, 0.25) is 47.3 Å². The monoisotopic (exact) mass is 1900 g/mol. The Balaban J connectivity index is 0.000000116. The number of benzene rings is 6. The fourth-order valence-corrected chi connectivity index (χ4v) is 18.3. The number of carbonyl (C=O) groups is 2. The molecule has 2 amide bonds. The lowest BCUT2D eigenvalue weighted by atomic mass is 10.0. The number of nitrogens with one attached hydrogen (secondary N) is 10. The van der Waals surface area contributed by atoms with Crippen molar-refractivity contribution >= 4 is 136 Å². The van der Waals surface area contributed by atoms with E-state index in [1.165, 1.54) is 25.7 Å². The molecule has 4 fully saturated rings. The molecule has 4 aliphatic rings. The van der Waals surface area contributed by atoms with Gasteiger partial charge in [-0.2, -0.15) is 55.1 Å². The van der Waals surface area contributed by atoms with Crippen molar-refractivity contribution in [2.24, 2.45) is 14.1 Å². The Hall–Kier alpha value is -16.8. The number of H-pyrrole nitrogens is 4. The molecule has 141 heavy (non-hydrogen) atoms. The van der Waals surface area contributed by atoms with Gasteiger partial charge in [0.05, 0.1) is 77.5 Å². The summed E-state index contributed by atoms with van der Waals surface area (Å²) in [6, 6.07) is 35.5. The highest BCUT2D eigenvalue weighted by atomic mass is 16.6. The normalized spacial score (nSPS) is 14.0. The van der Waals surface area contributed by atoms with E-state index >= 15 is 0 Å². The first-order chi connectivity index (χ1) is 68.7. The number of aromatic amines is 4. The van der Waals surface area contributed by atoms with Crippen LogP contribution < -0.4 is 65.1 Å². The summed E-state index contributed by atoms with van der Waals surface area (Å²) >= 11 is 0. The number of oxazole rings is 3. The van der Waals surface area contributed by atoms with Crippen molar-refractivity contribution in [1.29, 1.82) is 0 Å². The number of fused-ring (bicyclic) bond motifs is 7. The van der Waals surface area contributed by atoms with Crippen molar-refractivity contribution in [1.82, 2.24) is 105 Å². The number of phenols is 1. The minimum absolute atomic E-state index is 0.0839. The van der Waals surface area contributed by atoms with Crippen LogP contribution in [0.25, 0.3) is 122 Å². The lowest BCUT2D eigenvalue weighted by Gasteiger charge is -2.16. The molecule has 0 unspecified atom stereocenters. The SMILES string of the molecule is CCOc1nc2ccc(-c3c[nH]c4nc(Nc5ccc(C(=O)NC)cc5OC)nc(OC5CCCC5)c34)cc2o1.CNC(=O)c1ccc(Nc2nc(OC3CCCC3)c3c(-c4ccc(C)c(O)c4)c[nH]c3n2)c(OC)c1.Cc1nc2ccc(-c3c[nH]c4nc(Nc5ccnn5C)nc(OC5CCCC5)c34)cc2o1.Cc1nc2ccc(-c3c[nH]c4nc(Nc5cnn(C)c5C)nc(OC5CCCC5)c34)cc2o1. The third-order valence-electron chi connectivity index (χ3n) is 25.8. The van der Waals surface area contributed by atoms with Gasteiger partial charge in [-0.15, -0.1) is 0 Å². The van der Waals surface area contributed by atoms with E-state index in [0.717, 1.165) is 188 Å². The number of phenolic OH excluding ortho intramolecular Hbond substituents is 1. The van der Waals surface area contributed by atoms with E-state index in [0.29, 0.717) is 133 Å². The van der Waals surface area contributed by atoms with Gasteiger partial charge in [0, 0.05) is 106 Å². The van der Waals surface area contributed by atoms with E-state index in [1.54, 1.807) is 87.9 Å². The van der Waals surface area contributed by atoms with Gasteiger partial charge in [-0.05, 0) is 230 Å². The van der Waals surface area contributed by atoms with Crippen LogP contribution in [0.4, 0.5) is 46.7 Å². The summed E-state index contributed by atoms with van der Waals surface area (Å²) in [6.07, 6.45) is 29.2. The van der Waals surface area contributed by atoms with Crippen LogP contribution in [-0.4, -0.2) is 171 Å². The van der Waals surface area contributed by atoms with Crippen molar-refractivity contribution in [2.45, 2.75) is 162 Å². The zero-order valence-corrected chi connectivity index (χ0v) is 79.8. The van der Waals surface area contributed by atoms with Crippen LogP contribution in [0.1, 0.15) is 153 Å². The minimum atomic E-state index is -0.203. The topological polar surface area (TPSA) is 471 Å². The molecule has 0 spiro atoms. The van der Waals surface area contributed by atoms with E-state index in [-0.39, 0.29) is 48.1 Å². The quantitative estimate of drug-likeness (QED) is 0.0240. The van der Waals surface area contributed by atoms with Gasteiger partial charge in [0.1, 0.15) is 86.6 Å². The highest BCUT2D eigenvalue weighted by Crippen LogP contribution is 2.46. The summed E-state index contributed by atoms with van der Waals surface area (Å²) in [6.45, 7) is 9.92. The first-order valence-corrected chi connectivity index (χ1v) is 47.4. The minimum Gasteiger partial charge on any atom is -0.508 e. The lowest BCUT2D eigenvalue weighted by Crippen LogP contribution is -2.17. The molecule has 38 heteroatoms. The van der Waals surface area contributed by atoms with Gasteiger partial charge in [-0.1, -0.05) is 30.3 Å². The first kappa shape index (κ1) is 91.9. The molecule has 11 N–H and O–H groups in total. The number of methoxy groups -OCH3 is 2. The molecular formula is C103H107N25O13. The van der Waals surface area contributed by atoms with E-state index in [2.05, 4.69) is 82.0 Å². The Labute approximate surface area is 807 Å². The molecule has 23 rings (SSSR count). The second kappa shape index (κ2) is 40.1. The average Bonchev–Trinajstić information content (AvgIpc) is 1.63. The highest BCUT2D eigenvalue weighted by Gasteiger charge is 2.31. The molecule has 4 saturated carbocycles. The Kier molecular flexibility index (Phi) is 26.1.